The van der Waals surface area contributed by atoms with Crippen LogP contribution in [0, 0.1) is 0 Å². The largest absolute Gasteiger partial charge is 0.507 e. The second-order valence-corrected chi connectivity index (χ2v) is 6.45. The van der Waals surface area contributed by atoms with Gasteiger partial charge in [-0.05, 0) is 48.7 Å². The van der Waals surface area contributed by atoms with Gasteiger partial charge in [0.15, 0.2) is 0 Å². The lowest BCUT2D eigenvalue weighted by atomic mass is 10.0. The van der Waals surface area contributed by atoms with Crippen molar-refractivity contribution in [1.82, 2.24) is 0 Å². The number of carbonyl (C=O) groups excluding carboxylic acids is 3. The van der Waals surface area contributed by atoms with Gasteiger partial charge in [0.1, 0.15) is 17.1 Å². The molecule has 0 saturated carbocycles. The van der Waals surface area contributed by atoms with Crippen molar-refractivity contribution < 1.29 is 34.1 Å². The highest BCUT2D eigenvalue weighted by Gasteiger charge is 2.22. The average Bonchev–Trinajstić information content (AvgIpc) is 2.73. The van der Waals surface area contributed by atoms with E-state index >= 15 is 0 Å². The minimum Gasteiger partial charge on any atom is -0.507 e. The Bertz CT molecular complexity index is 984. The van der Waals surface area contributed by atoms with E-state index in [9.17, 15) is 24.6 Å². The van der Waals surface area contributed by atoms with E-state index < -0.39 is 23.6 Å². The molecule has 0 aliphatic heterocycles. The number of ether oxygens (including phenoxy) is 2. The molecule has 158 valence electrons. The molecule has 2 aromatic rings. The number of amides is 1. The molecule has 8 nitrogen and oxygen atoms in total. The second kappa shape index (κ2) is 10.3. The summed E-state index contributed by atoms with van der Waals surface area (Å²) in [6, 6.07) is 7.14. The number of phenols is 2. The molecule has 0 aliphatic rings. The van der Waals surface area contributed by atoms with Crippen LogP contribution >= 0.6 is 11.6 Å². The smallest absolute Gasteiger partial charge is 0.341 e. The number of hydrogen-bond donors (Lipinski definition) is 3. The normalized spacial score (nSPS) is 10.6. The van der Waals surface area contributed by atoms with Crippen molar-refractivity contribution in [2.75, 3.05) is 19.5 Å². The van der Waals surface area contributed by atoms with Crippen molar-refractivity contribution in [2.45, 2.75) is 12.8 Å². The predicted molar refractivity (Wildman–Crippen MR) is 110 cm³/mol. The minimum atomic E-state index is -0.790. The number of rotatable bonds is 7. The Morgan fingerprint density at radius 3 is 2.27 bits per heavy atom. The first-order chi connectivity index (χ1) is 14.3. The number of phenolic OH excluding ortho intramolecular Hbond substituents is 2. The van der Waals surface area contributed by atoms with E-state index in [2.05, 4.69) is 14.8 Å². The quantitative estimate of drug-likeness (QED) is 0.451. The maximum absolute atomic E-state index is 12.0. The van der Waals surface area contributed by atoms with Gasteiger partial charge >= 0.3 is 11.9 Å². The fourth-order valence-electron chi connectivity index (χ4n) is 2.66. The van der Waals surface area contributed by atoms with Crippen LogP contribution in [0.2, 0.25) is 5.02 Å². The number of methoxy groups -OCH3 is 2. The standard InChI is InChI=1S/C21H20ClNO7/c1-29-20(27)12-7-9-13(10-8-12)23-17(26)6-4-3-5-14-18(21(28)30-2)15(24)11-16(25)19(14)22/h4,6-11,24-25H,3,5H2,1-2H3,(H,23,26)/b6-4+. The fourth-order valence-corrected chi connectivity index (χ4v) is 2.90. The Labute approximate surface area is 177 Å². The molecule has 0 radical (unpaired) electrons. The minimum absolute atomic E-state index is 0.0725. The van der Waals surface area contributed by atoms with Crippen LogP contribution in [0.5, 0.6) is 11.5 Å². The summed E-state index contributed by atoms with van der Waals surface area (Å²) in [7, 11) is 2.44. The number of carbonyl (C=O) groups is 3. The van der Waals surface area contributed by atoms with Gasteiger partial charge < -0.3 is 25.0 Å². The van der Waals surface area contributed by atoms with Crippen LogP contribution in [0.1, 0.15) is 32.7 Å². The fraction of sp³-hybridized carbons (Fsp3) is 0.190. The van der Waals surface area contributed by atoms with Crippen molar-refractivity contribution >= 4 is 35.1 Å². The van der Waals surface area contributed by atoms with E-state index in [4.69, 9.17) is 11.6 Å². The molecule has 0 bridgehead atoms. The molecule has 9 heteroatoms. The topological polar surface area (TPSA) is 122 Å². The predicted octanol–water partition coefficient (Wildman–Crippen LogP) is 3.45. The summed E-state index contributed by atoms with van der Waals surface area (Å²) in [6.07, 6.45) is 3.31. The van der Waals surface area contributed by atoms with Crippen molar-refractivity contribution in [3.8, 4) is 11.5 Å². The van der Waals surface area contributed by atoms with E-state index in [0.29, 0.717) is 17.7 Å². The summed E-state index contributed by atoms with van der Waals surface area (Å²) in [5.41, 5.74) is 0.929. The Balaban J connectivity index is 2.02. The van der Waals surface area contributed by atoms with Crippen LogP contribution < -0.4 is 5.32 Å². The van der Waals surface area contributed by atoms with Crippen LogP contribution in [0.25, 0.3) is 0 Å². The molecular weight excluding hydrogens is 414 g/mol. The third-order valence-electron chi connectivity index (χ3n) is 4.11. The molecule has 2 rings (SSSR count). The van der Waals surface area contributed by atoms with Crippen LogP contribution in [-0.4, -0.2) is 42.3 Å². The van der Waals surface area contributed by atoms with E-state index in [1.54, 1.807) is 18.2 Å². The summed E-state index contributed by atoms with van der Waals surface area (Å²) in [5.74, 6) is -2.49. The number of halogens is 1. The third-order valence-corrected chi connectivity index (χ3v) is 4.54. The Kier molecular flexibility index (Phi) is 7.83. The Morgan fingerprint density at radius 1 is 1.03 bits per heavy atom. The van der Waals surface area contributed by atoms with Crippen molar-refractivity contribution in [3.63, 3.8) is 0 Å². The summed E-state index contributed by atoms with van der Waals surface area (Å²) < 4.78 is 9.25. The van der Waals surface area contributed by atoms with E-state index in [-0.39, 0.29) is 28.3 Å². The highest BCUT2D eigenvalue weighted by Crippen LogP contribution is 2.37. The summed E-state index contributed by atoms with van der Waals surface area (Å²) >= 11 is 6.06. The summed E-state index contributed by atoms with van der Waals surface area (Å²) in [6.45, 7) is 0. The number of nitrogens with one attached hydrogen (secondary N) is 1. The van der Waals surface area contributed by atoms with Gasteiger partial charge in [0.05, 0.1) is 24.8 Å². The molecule has 30 heavy (non-hydrogen) atoms. The van der Waals surface area contributed by atoms with Gasteiger partial charge in [-0.25, -0.2) is 9.59 Å². The lowest BCUT2D eigenvalue weighted by Crippen LogP contribution is -2.09. The summed E-state index contributed by atoms with van der Waals surface area (Å²) in [5, 5.41) is 22.3. The maximum atomic E-state index is 12.0. The number of esters is 2. The number of hydrogen-bond acceptors (Lipinski definition) is 7. The first kappa shape index (κ1) is 22.8. The summed E-state index contributed by atoms with van der Waals surface area (Å²) in [4.78, 5) is 35.3. The molecule has 0 unspecified atom stereocenters. The van der Waals surface area contributed by atoms with E-state index in [0.717, 1.165) is 13.2 Å². The highest BCUT2D eigenvalue weighted by atomic mass is 35.5. The monoisotopic (exact) mass is 433 g/mol. The number of allylic oxidation sites excluding steroid dienone is 1. The molecule has 0 saturated heterocycles. The Morgan fingerprint density at radius 2 is 1.67 bits per heavy atom. The van der Waals surface area contributed by atoms with Gasteiger partial charge in [-0.15, -0.1) is 0 Å². The molecule has 2 aromatic carbocycles. The van der Waals surface area contributed by atoms with Gasteiger partial charge in [-0.3, -0.25) is 4.79 Å². The van der Waals surface area contributed by atoms with E-state index in [1.165, 1.54) is 25.3 Å². The maximum Gasteiger partial charge on any atom is 0.341 e. The van der Waals surface area contributed by atoms with Gasteiger partial charge in [0.25, 0.3) is 0 Å². The van der Waals surface area contributed by atoms with Crippen molar-refractivity contribution in [2.24, 2.45) is 0 Å². The second-order valence-electron chi connectivity index (χ2n) is 6.07. The van der Waals surface area contributed by atoms with Gasteiger partial charge in [-0.1, -0.05) is 17.7 Å². The van der Waals surface area contributed by atoms with Gasteiger partial charge in [0, 0.05) is 11.8 Å². The Hall–Kier alpha value is -3.52. The molecule has 0 atom stereocenters. The van der Waals surface area contributed by atoms with Gasteiger partial charge in [0.2, 0.25) is 5.91 Å². The molecule has 0 aliphatic carbocycles. The van der Waals surface area contributed by atoms with E-state index in [1.807, 2.05) is 0 Å². The first-order valence-corrected chi connectivity index (χ1v) is 9.13. The highest BCUT2D eigenvalue weighted by molar-refractivity contribution is 6.33. The lowest BCUT2D eigenvalue weighted by Gasteiger charge is -2.12. The van der Waals surface area contributed by atoms with Crippen LogP contribution in [0.4, 0.5) is 5.69 Å². The molecule has 0 spiro atoms. The number of anilines is 1. The van der Waals surface area contributed by atoms with Crippen molar-refractivity contribution in [3.05, 3.63) is 64.2 Å². The molecule has 0 aromatic heterocycles. The average molecular weight is 434 g/mol. The molecule has 3 N–H and O–H groups in total. The van der Waals surface area contributed by atoms with Crippen LogP contribution in [0.15, 0.2) is 42.5 Å². The zero-order valence-electron chi connectivity index (χ0n) is 16.3. The SMILES string of the molecule is COC(=O)c1ccc(NC(=O)/C=C/CCc2c(Cl)c(O)cc(O)c2C(=O)OC)cc1. The molecular formula is C21H20ClNO7. The lowest BCUT2D eigenvalue weighted by molar-refractivity contribution is -0.111. The zero-order valence-corrected chi connectivity index (χ0v) is 17.0. The molecule has 1 amide bonds. The number of benzene rings is 2. The number of aromatic hydroxyl groups is 2. The van der Waals surface area contributed by atoms with Crippen molar-refractivity contribution in [1.29, 1.82) is 0 Å². The van der Waals surface area contributed by atoms with Crippen LogP contribution in [0.3, 0.4) is 0 Å². The van der Waals surface area contributed by atoms with Crippen LogP contribution in [-0.2, 0) is 20.7 Å². The molecule has 0 fully saturated rings. The molecule has 0 heterocycles. The zero-order chi connectivity index (χ0) is 22.3. The van der Waals surface area contributed by atoms with Gasteiger partial charge in [-0.2, -0.15) is 0 Å². The first-order valence-electron chi connectivity index (χ1n) is 8.76. The third kappa shape index (κ3) is 5.51.